The quantitative estimate of drug-likeness (QED) is 0.816. The monoisotopic (exact) mass is 381 g/mol. The predicted octanol–water partition coefficient (Wildman–Crippen LogP) is 3.73. The topological polar surface area (TPSA) is 66.4 Å². The molecule has 0 spiro atoms. The van der Waals surface area contributed by atoms with Crippen molar-refractivity contribution in [3.05, 3.63) is 34.3 Å². The number of carbonyl (C=O) groups is 2. The molecule has 2 atom stereocenters. The molecular weight excluding hydrogens is 358 g/mol. The van der Waals surface area contributed by atoms with Crippen molar-refractivity contribution >= 4 is 27.8 Å². The van der Waals surface area contributed by atoms with E-state index in [1.54, 1.807) is 0 Å². The van der Waals surface area contributed by atoms with Gasteiger partial charge in [-0.15, -0.1) is 0 Å². The lowest BCUT2D eigenvalue weighted by molar-refractivity contribution is -0.144. The van der Waals surface area contributed by atoms with E-state index >= 15 is 0 Å². The van der Waals surface area contributed by atoms with Crippen LogP contribution in [0.5, 0.6) is 0 Å². The average molecular weight is 382 g/mol. The van der Waals surface area contributed by atoms with Crippen molar-refractivity contribution in [1.29, 1.82) is 0 Å². The summed E-state index contributed by atoms with van der Waals surface area (Å²) in [5.41, 5.74) is 0.948. The second-order valence-corrected chi connectivity index (χ2v) is 7.83. The number of amides is 1. The molecule has 0 bridgehead atoms. The number of carbonyl (C=O) groups excluding carboxylic acids is 1. The maximum absolute atomic E-state index is 12.4. The molecule has 0 heterocycles. The summed E-state index contributed by atoms with van der Waals surface area (Å²) in [6, 6.07) is 8.01. The average Bonchev–Trinajstić information content (AvgIpc) is 2.53. The van der Waals surface area contributed by atoms with E-state index in [2.05, 4.69) is 41.2 Å². The van der Waals surface area contributed by atoms with Crippen LogP contribution in [0.2, 0.25) is 0 Å². The van der Waals surface area contributed by atoms with E-state index in [1.807, 2.05) is 18.2 Å². The van der Waals surface area contributed by atoms with E-state index in [0.29, 0.717) is 19.4 Å². The number of hydrogen-bond acceptors (Lipinski definition) is 2. The summed E-state index contributed by atoms with van der Waals surface area (Å²) in [4.78, 5) is 23.5. The highest BCUT2D eigenvalue weighted by Gasteiger charge is 2.32. The maximum atomic E-state index is 12.4. The zero-order chi connectivity index (χ0) is 17.0. The van der Waals surface area contributed by atoms with E-state index in [1.165, 1.54) is 0 Å². The lowest BCUT2D eigenvalue weighted by Crippen LogP contribution is -2.41. The van der Waals surface area contributed by atoms with Gasteiger partial charge in [-0.25, -0.2) is 0 Å². The Kier molecular flexibility index (Phi) is 5.84. The highest BCUT2D eigenvalue weighted by molar-refractivity contribution is 9.10. The van der Waals surface area contributed by atoms with Gasteiger partial charge in [-0.2, -0.15) is 0 Å². The number of carboxylic acid groups (broad SMARTS) is 1. The van der Waals surface area contributed by atoms with Crippen LogP contribution in [0.25, 0.3) is 0 Å². The van der Waals surface area contributed by atoms with Crippen LogP contribution in [0.15, 0.2) is 28.7 Å². The van der Waals surface area contributed by atoms with E-state index in [4.69, 9.17) is 5.11 Å². The zero-order valence-corrected chi connectivity index (χ0v) is 15.2. The second-order valence-electron chi connectivity index (χ2n) is 6.98. The largest absolute Gasteiger partial charge is 0.481 e. The summed E-state index contributed by atoms with van der Waals surface area (Å²) < 4.78 is 1.03. The summed E-state index contributed by atoms with van der Waals surface area (Å²) in [5, 5.41) is 12.2. The zero-order valence-electron chi connectivity index (χ0n) is 13.6. The Hall–Kier alpha value is -1.36. The first kappa shape index (κ1) is 18.0. The van der Waals surface area contributed by atoms with E-state index in [0.717, 1.165) is 22.9 Å². The van der Waals surface area contributed by atoms with Gasteiger partial charge in [0.2, 0.25) is 5.91 Å². The number of halogens is 1. The van der Waals surface area contributed by atoms with Gasteiger partial charge in [0.15, 0.2) is 0 Å². The molecule has 126 valence electrons. The molecular formula is C18H24BrNO3. The Bertz CT molecular complexity index is 585. The van der Waals surface area contributed by atoms with Gasteiger partial charge < -0.3 is 10.4 Å². The van der Waals surface area contributed by atoms with Crippen molar-refractivity contribution in [3.8, 4) is 0 Å². The Morgan fingerprint density at radius 3 is 2.57 bits per heavy atom. The maximum Gasteiger partial charge on any atom is 0.306 e. The molecule has 0 aliphatic heterocycles. The fourth-order valence-corrected chi connectivity index (χ4v) is 4.03. The second kappa shape index (κ2) is 7.47. The molecule has 1 aromatic carbocycles. The van der Waals surface area contributed by atoms with Crippen LogP contribution in [-0.4, -0.2) is 23.5 Å². The summed E-state index contributed by atoms with van der Waals surface area (Å²) in [6.07, 6.45) is 2.73. The summed E-state index contributed by atoms with van der Waals surface area (Å²) in [7, 11) is 0. The third kappa shape index (κ3) is 4.56. The van der Waals surface area contributed by atoms with Gasteiger partial charge in [-0.05, 0) is 30.9 Å². The molecule has 4 nitrogen and oxygen atoms in total. The van der Waals surface area contributed by atoms with Gasteiger partial charge in [0.1, 0.15) is 0 Å². The highest BCUT2D eigenvalue weighted by atomic mass is 79.9. The normalized spacial score (nSPS) is 21.7. The molecule has 23 heavy (non-hydrogen) atoms. The Labute approximate surface area is 145 Å². The molecule has 1 aliphatic carbocycles. The lowest BCUT2D eigenvalue weighted by atomic mass is 9.80. The number of aliphatic carboxylic acids is 1. The molecule has 2 unspecified atom stereocenters. The van der Waals surface area contributed by atoms with Crippen molar-refractivity contribution in [3.63, 3.8) is 0 Å². The Morgan fingerprint density at radius 1 is 1.26 bits per heavy atom. The first-order chi connectivity index (χ1) is 10.8. The van der Waals surface area contributed by atoms with Crippen molar-refractivity contribution in [2.24, 2.45) is 11.8 Å². The summed E-state index contributed by atoms with van der Waals surface area (Å²) >= 11 is 3.56. The molecule has 1 saturated carbocycles. The molecule has 1 aromatic rings. The third-order valence-electron chi connectivity index (χ3n) is 4.70. The molecule has 1 fully saturated rings. The van der Waals surface area contributed by atoms with Gasteiger partial charge in [0.05, 0.1) is 5.92 Å². The van der Waals surface area contributed by atoms with Crippen LogP contribution in [0.3, 0.4) is 0 Å². The molecule has 0 saturated heterocycles. The van der Waals surface area contributed by atoms with Crippen LogP contribution in [0, 0.1) is 11.8 Å². The Morgan fingerprint density at radius 2 is 1.91 bits per heavy atom. The van der Waals surface area contributed by atoms with Crippen molar-refractivity contribution in [2.45, 2.75) is 44.9 Å². The van der Waals surface area contributed by atoms with Crippen LogP contribution in [0.4, 0.5) is 0 Å². The van der Waals surface area contributed by atoms with E-state index in [-0.39, 0.29) is 23.2 Å². The first-order valence-corrected chi connectivity index (χ1v) is 8.86. The fraction of sp³-hybridized carbons (Fsp3) is 0.556. The number of hydrogen-bond donors (Lipinski definition) is 2. The molecule has 1 aliphatic rings. The predicted molar refractivity (Wildman–Crippen MR) is 93.3 cm³/mol. The number of carboxylic acids is 1. The van der Waals surface area contributed by atoms with Crippen molar-refractivity contribution < 1.29 is 14.7 Å². The van der Waals surface area contributed by atoms with Crippen molar-refractivity contribution in [1.82, 2.24) is 5.32 Å². The van der Waals surface area contributed by atoms with E-state index in [9.17, 15) is 9.59 Å². The minimum Gasteiger partial charge on any atom is -0.481 e. The molecule has 2 rings (SSSR count). The molecule has 0 aromatic heterocycles. The van der Waals surface area contributed by atoms with Crippen LogP contribution >= 0.6 is 15.9 Å². The van der Waals surface area contributed by atoms with Gasteiger partial charge >= 0.3 is 5.97 Å². The van der Waals surface area contributed by atoms with Crippen molar-refractivity contribution in [2.75, 3.05) is 6.54 Å². The number of nitrogens with one attached hydrogen (secondary N) is 1. The SMILES string of the molecule is CC(C)(CNC(=O)C1CCCC(C(=O)O)C1)c1ccccc1Br. The van der Waals surface area contributed by atoms with Gasteiger partial charge in [-0.1, -0.05) is 54.4 Å². The van der Waals surface area contributed by atoms with Crippen LogP contribution < -0.4 is 5.32 Å². The van der Waals surface area contributed by atoms with Crippen LogP contribution in [0.1, 0.15) is 45.1 Å². The van der Waals surface area contributed by atoms with Crippen LogP contribution in [-0.2, 0) is 15.0 Å². The molecule has 1 amide bonds. The third-order valence-corrected chi connectivity index (χ3v) is 5.39. The standard InChI is InChI=1S/C18H24BrNO3/c1-18(2,14-8-3-4-9-15(14)19)11-20-16(21)12-6-5-7-13(10-12)17(22)23/h3-4,8-9,12-13H,5-7,10-11H2,1-2H3,(H,20,21)(H,22,23). The highest BCUT2D eigenvalue weighted by Crippen LogP contribution is 2.31. The summed E-state index contributed by atoms with van der Waals surface area (Å²) in [6.45, 7) is 4.71. The molecule has 5 heteroatoms. The van der Waals surface area contributed by atoms with Gasteiger partial charge in [0.25, 0.3) is 0 Å². The summed E-state index contributed by atoms with van der Waals surface area (Å²) in [5.74, 6) is -1.36. The minimum absolute atomic E-state index is 0.0175. The number of rotatable bonds is 5. The smallest absolute Gasteiger partial charge is 0.306 e. The van der Waals surface area contributed by atoms with Gasteiger partial charge in [-0.3, -0.25) is 9.59 Å². The number of benzene rings is 1. The van der Waals surface area contributed by atoms with Gasteiger partial charge in [0, 0.05) is 22.4 Å². The fourth-order valence-electron chi connectivity index (χ4n) is 3.21. The lowest BCUT2D eigenvalue weighted by Gasteiger charge is -2.30. The first-order valence-electron chi connectivity index (χ1n) is 8.07. The van der Waals surface area contributed by atoms with E-state index < -0.39 is 5.97 Å². The molecule has 0 radical (unpaired) electrons. The Balaban J connectivity index is 1.96. The molecule has 2 N–H and O–H groups in total. The minimum atomic E-state index is -0.781.